The van der Waals surface area contributed by atoms with Gasteiger partial charge in [0.1, 0.15) is 0 Å². The van der Waals surface area contributed by atoms with Crippen LogP contribution in [-0.2, 0) is 9.59 Å². The van der Waals surface area contributed by atoms with E-state index >= 15 is 0 Å². The molecule has 0 spiro atoms. The molecule has 1 heterocycles. The molecule has 12 heteroatoms. The Labute approximate surface area is 121 Å². The molecule has 1 saturated heterocycles. The maximum absolute atomic E-state index is 10.6. The molecule has 0 aromatic rings. The Morgan fingerprint density at radius 1 is 1.05 bits per heavy atom. The van der Waals surface area contributed by atoms with Gasteiger partial charge in [0.05, 0.1) is 0 Å². The predicted octanol–water partition coefficient (Wildman–Crippen LogP) is 1.18. The highest BCUT2D eigenvalue weighted by Gasteiger charge is 2.38. The number of rotatable bonds is 2. The topological polar surface area (TPSA) is 89.9 Å². The maximum Gasteiger partial charge on any atom is 0.490 e. The molecule has 1 aliphatic rings. The fourth-order valence-electron chi connectivity index (χ4n) is 0.945. The molecule has 0 bridgehead atoms. The van der Waals surface area contributed by atoms with Crippen LogP contribution in [0.4, 0.5) is 26.3 Å². The molecular weight excluding hydrogens is 326 g/mol. The Morgan fingerprint density at radius 3 is 1.36 bits per heavy atom. The number of carboxylic acid groups (broad SMARTS) is 2. The van der Waals surface area contributed by atoms with Crippen LogP contribution in [-0.4, -0.2) is 72.6 Å². The van der Waals surface area contributed by atoms with Gasteiger partial charge in [-0.15, -0.1) is 0 Å². The number of nitrogens with one attached hydrogen (secondary N) is 1. The summed E-state index contributed by atoms with van der Waals surface area (Å²) in [7, 11) is 4.22. The van der Waals surface area contributed by atoms with Gasteiger partial charge in [0, 0.05) is 12.6 Å². The third-order valence-corrected chi connectivity index (χ3v) is 2.00. The van der Waals surface area contributed by atoms with Crippen molar-refractivity contribution in [1.82, 2.24) is 10.2 Å². The van der Waals surface area contributed by atoms with Gasteiger partial charge in [-0.2, -0.15) is 26.3 Å². The highest BCUT2D eigenvalue weighted by molar-refractivity contribution is 5.73. The molecule has 132 valence electrons. The van der Waals surface area contributed by atoms with Gasteiger partial charge in [0.25, 0.3) is 0 Å². The zero-order chi connectivity index (χ0) is 18.1. The van der Waals surface area contributed by atoms with Crippen molar-refractivity contribution < 1.29 is 46.1 Å². The molecule has 0 unspecified atom stereocenters. The number of hydrogen-bond donors (Lipinski definition) is 3. The van der Waals surface area contributed by atoms with Crippen molar-refractivity contribution >= 4 is 11.9 Å². The second kappa shape index (κ2) is 9.46. The zero-order valence-corrected chi connectivity index (χ0v) is 11.6. The fourth-order valence-corrected chi connectivity index (χ4v) is 0.945. The van der Waals surface area contributed by atoms with Crippen molar-refractivity contribution in [3.05, 3.63) is 0 Å². The number of alkyl halides is 6. The molecular formula is C10H16F6N2O4. The summed E-state index contributed by atoms with van der Waals surface area (Å²) >= 11 is 0. The van der Waals surface area contributed by atoms with Crippen LogP contribution < -0.4 is 5.32 Å². The molecule has 1 rings (SSSR count). The number of hydrogen-bond acceptors (Lipinski definition) is 4. The van der Waals surface area contributed by atoms with Crippen molar-refractivity contribution in [3.8, 4) is 0 Å². The summed E-state index contributed by atoms with van der Waals surface area (Å²) in [5.74, 6) is -5.51. The summed E-state index contributed by atoms with van der Waals surface area (Å²) in [5.41, 5.74) is 0. The van der Waals surface area contributed by atoms with Crippen molar-refractivity contribution in [2.24, 2.45) is 0 Å². The molecule has 0 amide bonds. The van der Waals surface area contributed by atoms with E-state index in [-0.39, 0.29) is 0 Å². The first-order valence-corrected chi connectivity index (χ1v) is 5.66. The van der Waals surface area contributed by atoms with Crippen LogP contribution in [0.25, 0.3) is 0 Å². The number of aliphatic carboxylic acids is 2. The van der Waals surface area contributed by atoms with Gasteiger partial charge < -0.3 is 20.4 Å². The van der Waals surface area contributed by atoms with Crippen LogP contribution in [0.15, 0.2) is 0 Å². The molecule has 6 nitrogen and oxygen atoms in total. The van der Waals surface area contributed by atoms with Crippen LogP contribution in [0.3, 0.4) is 0 Å². The lowest BCUT2D eigenvalue weighted by Gasteiger charge is -2.29. The minimum Gasteiger partial charge on any atom is -0.475 e. The Balaban J connectivity index is 0. The van der Waals surface area contributed by atoms with Crippen molar-refractivity contribution in [1.29, 1.82) is 0 Å². The molecule has 1 atom stereocenters. The van der Waals surface area contributed by atoms with Crippen molar-refractivity contribution in [2.45, 2.75) is 24.8 Å². The Hall–Kier alpha value is -1.56. The molecule has 0 radical (unpaired) electrons. The Bertz CT molecular complexity index is 328. The summed E-state index contributed by atoms with van der Waals surface area (Å²) in [4.78, 5) is 20.0. The molecule has 0 aliphatic carbocycles. The third kappa shape index (κ3) is 13.4. The SMILES string of the molecule is CN(C)C[C@H]1CCN1.O=C(O)C(F)(F)F.O=C(O)C(F)(F)F. The van der Waals surface area contributed by atoms with Gasteiger partial charge in [0.15, 0.2) is 0 Å². The van der Waals surface area contributed by atoms with Gasteiger partial charge >= 0.3 is 24.3 Å². The number of nitrogens with zero attached hydrogens (tertiary/aromatic N) is 1. The first kappa shape index (κ1) is 22.7. The Kier molecular flexibility index (Phi) is 9.76. The molecule has 0 aromatic carbocycles. The van der Waals surface area contributed by atoms with E-state index in [4.69, 9.17) is 19.8 Å². The fraction of sp³-hybridized carbons (Fsp3) is 0.800. The predicted molar refractivity (Wildman–Crippen MR) is 62.3 cm³/mol. The number of halogens is 6. The summed E-state index contributed by atoms with van der Waals surface area (Å²) in [5, 5.41) is 17.6. The lowest BCUT2D eigenvalue weighted by atomic mass is 10.1. The zero-order valence-electron chi connectivity index (χ0n) is 11.6. The first-order valence-electron chi connectivity index (χ1n) is 5.66. The van der Waals surface area contributed by atoms with Crippen LogP contribution in [0.5, 0.6) is 0 Å². The number of likely N-dealkylation sites (N-methyl/N-ethyl adjacent to an activating group) is 1. The van der Waals surface area contributed by atoms with Gasteiger partial charge in [-0.05, 0) is 27.1 Å². The second-order valence-corrected chi connectivity index (χ2v) is 4.31. The minimum absolute atomic E-state index is 0.782. The van der Waals surface area contributed by atoms with E-state index in [2.05, 4.69) is 24.3 Å². The smallest absolute Gasteiger partial charge is 0.475 e. The third-order valence-electron chi connectivity index (χ3n) is 2.00. The van der Waals surface area contributed by atoms with Gasteiger partial charge in [-0.25, -0.2) is 9.59 Å². The van der Waals surface area contributed by atoms with E-state index < -0.39 is 24.3 Å². The maximum atomic E-state index is 10.6. The normalized spacial score (nSPS) is 17.4. The van der Waals surface area contributed by atoms with E-state index in [9.17, 15) is 26.3 Å². The number of carbonyl (C=O) groups is 2. The molecule has 3 N–H and O–H groups in total. The van der Waals surface area contributed by atoms with Crippen molar-refractivity contribution in [3.63, 3.8) is 0 Å². The monoisotopic (exact) mass is 342 g/mol. The average Bonchev–Trinajstić information content (AvgIpc) is 2.22. The highest BCUT2D eigenvalue weighted by Crippen LogP contribution is 2.13. The van der Waals surface area contributed by atoms with Crippen LogP contribution in [0.2, 0.25) is 0 Å². The second-order valence-electron chi connectivity index (χ2n) is 4.31. The summed E-state index contributed by atoms with van der Waals surface area (Å²) in [6, 6.07) is 0.782. The molecule has 22 heavy (non-hydrogen) atoms. The molecule has 1 aliphatic heterocycles. The van der Waals surface area contributed by atoms with E-state index in [0.29, 0.717) is 0 Å². The van der Waals surface area contributed by atoms with E-state index in [1.54, 1.807) is 0 Å². The molecule has 1 fully saturated rings. The summed E-state index contributed by atoms with van der Waals surface area (Å²) < 4.78 is 63.5. The van der Waals surface area contributed by atoms with Crippen molar-refractivity contribution in [2.75, 3.05) is 27.2 Å². The van der Waals surface area contributed by atoms with Gasteiger partial charge in [-0.3, -0.25) is 0 Å². The standard InChI is InChI=1S/C6H14N2.2C2HF3O2/c1-8(2)5-6-3-4-7-6;2*3-2(4,5)1(6)7/h6-7H,3-5H2,1-2H3;2*(H,6,7)/t6-;;/m1../s1. The minimum atomic E-state index is -5.08. The molecule has 0 aromatic heterocycles. The number of carboxylic acids is 2. The van der Waals surface area contributed by atoms with Crippen LogP contribution >= 0.6 is 0 Å². The lowest BCUT2D eigenvalue weighted by Crippen LogP contribution is -2.48. The van der Waals surface area contributed by atoms with E-state index in [0.717, 1.165) is 6.04 Å². The van der Waals surface area contributed by atoms with Gasteiger partial charge in [-0.1, -0.05) is 0 Å². The summed E-state index contributed by atoms with van der Waals surface area (Å²) in [6.07, 6.45) is -8.81. The van der Waals surface area contributed by atoms with Crippen LogP contribution in [0.1, 0.15) is 6.42 Å². The lowest BCUT2D eigenvalue weighted by molar-refractivity contribution is -0.193. The van der Waals surface area contributed by atoms with E-state index in [1.165, 1.54) is 19.5 Å². The molecule has 0 saturated carbocycles. The quantitative estimate of drug-likeness (QED) is 0.653. The van der Waals surface area contributed by atoms with E-state index in [1.807, 2.05) is 0 Å². The largest absolute Gasteiger partial charge is 0.490 e. The van der Waals surface area contributed by atoms with Gasteiger partial charge in [0.2, 0.25) is 0 Å². The highest BCUT2D eigenvalue weighted by atomic mass is 19.4. The Morgan fingerprint density at radius 2 is 1.32 bits per heavy atom. The summed E-state index contributed by atoms with van der Waals surface area (Å²) in [6.45, 7) is 2.42. The average molecular weight is 342 g/mol. The first-order chi connectivity index (χ1) is 9.67. The van der Waals surface area contributed by atoms with Crippen LogP contribution in [0, 0.1) is 0 Å².